The minimum atomic E-state index is -3.99. The maximum Gasteiger partial charge on any atom is 0.340 e. The fourth-order valence-electron chi connectivity index (χ4n) is 1.76. The summed E-state index contributed by atoms with van der Waals surface area (Å²) in [6.07, 6.45) is 0. The molecule has 2 rings (SSSR count). The molecule has 2 aromatic rings. The van der Waals surface area contributed by atoms with Crippen molar-refractivity contribution in [3.63, 3.8) is 0 Å². The number of esters is 1. The van der Waals surface area contributed by atoms with Gasteiger partial charge in [-0.1, -0.05) is 23.7 Å². The summed E-state index contributed by atoms with van der Waals surface area (Å²) in [5.74, 6) is -0.978. The van der Waals surface area contributed by atoms with E-state index in [1.165, 1.54) is 30.3 Å². The van der Waals surface area contributed by atoms with Crippen LogP contribution < -0.4 is 4.72 Å². The van der Waals surface area contributed by atoms with Gasteiger partial charge in [-0.25, -0.2) is 13.2 Å². The third-order valence-corrected chi connectivity index (χ3v) is 4.64. The Morgan fingerprint density at radius 1 is 1.23 bits per heavy atom. The van der Waals surface area contributed by atoms with Crippen molar-refractivity contribution in [3.05, 3.63) is 53.1 Å². The Kier molecular flexibility index (Phi) is 4.58. The highest BCUT2D eigenvalue weighted by Crippen LogP contribution is 2.27. The lowest BCUT2D eigenvalue weighted by atomic mass is 10.2. The number of nitrogens with one attached hydrogen (secondary N) is 1. The molecule has 0 aromatic heterocycles. The molecule has 116 valence electrons. The predicted octanol–water partition coefficient (Wildman–Crippen LogP) is 2.63. The number of rotatable bonds is 4. The summed E-state index contributed by atoms with van der Waals surface area (Å²) in [5, 5.41) is 9.48. The van der Waals surface area contributed by atoms with Gasteiger partial charge in [0.1, 0.15) is 10.6 Å². The molecule has 0 saturated carbocycles. The predicted molar refractivity (Wildman–Crippen MR) is 81.7 cm³/mol. The maximum absolute atomic E-state index is 12.4. The average Bonchev–Trinajstić information content (AvgIpc) is 2.48. The highest BCUT2D eigenvalue weighted by atomic mass is 35.5. The van der Waals surface area contributed by atoms with E-state index in [9.17, 15) is 18.3 Å². The Morgan fingerprint density at radius 2 is 1.91 bits per heavy atom. The first-order chi connectivity index (χ1) is 10.3. The number of hydrogen-bond donors (Lipinski definition) is 2. The SMILES string of the molecule is COC(=O)c1cc(O)ccc1NS(=O)(=O)c1ccccc1Cl. The zero-order chi connectivity index (χ0) is 16.3. The zero-order valence-corrected chi connectivity index (χ0v) is 13.0. The number of carbonyl (C=O) groups excluding carboxylic acids is 1. The van der Waals surface area contributed by atoms with Crippen LogP contribution in [-0.4, -0.2) is 26.6 Å². The quantitative estimate of drug-likeness (QED) is 0.658. The van der Waals surface area contributed by atoms with E-state index in [2.05, 4.69) is 9.46 Å². The summed E-state index contributed by atoms with van der Waals surface area (Å²) in [6.45, 7) is 0. The molecule has 0 amide bonds. The third kappa shape index (κ3) is 3.32. The standard InChI is InChI=1S/C14H12ClNO5S/c1-21-14(18)10-8-9(17)6-7-12(10)16-22(19,20)13-5-3-2-4-11(13)15/h2-8,16-17H,1H3. The first-order valence-corrected chi connectivity index (χ1v) is 7.90. The summed E-state index contributed by atoms with van der Waals surface area (Å²) in [5.41, 5.74) is -0.136. The van der Waals surface area contributed by atoms with E-state index in [0.717, 1.165) is 13.2 Å². The molecule has 2 aromatic carbocycles. The average molecular weight is 342 g/mol. The van der Waals surface area contributed by atoms with Crippen molar-refractivity contribution in [1.82, 2.24) is 0 Å². The van der Waals surface area contributed by atoms with Crippen LogP contribution in [0.4, 0.5) is 5.69 Å². The summed E-state index contributed by atoms with van der Waals surface area (Å²) in [7, 11) is -2.84. The fourth-order valence-corrected chi connectivity index (χ4v) is 3.36. The van der Waals surface area contributed by atoms with Gasteiger partial charge in [0.05, 0.1) is 23.4 Å². The molecule has 0 atom stereocenters. The van der Waals surface area contributed by atoms with Gasteiger partial charge in [0.15, 0.2) is 0 Å². The lowest BCUT2D eigenvalue weighted by Crippen LogP contribution is -2.16. The van der Waals surface area contributed by atoms with Gasteiger partial charge in [-0.15, -0.1) is 0 Å². The Balaban J connectivity index is 2.47. The van der Waals surface area contributed by atoms with Crippen LogP contribution in [0, 0.1) is 0 Å². The molecule has 0 fully saturated rings. The monoisotopic (exact) mass is 341 g/mol. The number of carbonyl (C=O) groups is 1. The molecule has 0 aliphatic rings. The van der Waals surface area contributed by atoms with Crippen LogP contribution >= 0.6 is 11.6 Å². The van der Waals surface area contributed by atoms with Crippen molar-refractivity contribution in [1.29, 1.82) is 0 Å². The van der Waals surface area contributed by atoms with Crippen molar-refractivity contribution >= 4 is 33.3 Å². The lowest BCUT2D eigenvalue weighted by Gasteiger charge is -2.12. The van der Waals surface area contributed by atoms with E-state index in [4.69, 9.17) is 11.6 Å². The van der Waals surface area contributed by atoms with Crippen LogP contribution in [0.1, 0.15) is 10.4 Å². The molecule has 0 unspecified atom stereocenters. The summed E-state index contributed by atoms with van der Waals surface area (Å²) in [6, 6.07) is 9.51. The number of halogens is 1. The Morgan fingerprint density at radius 3 is 2.55 bits per heavy atom. The van der Waals surface area contributed by atoms with Gasteiger partial charge in [0.25, 0.3) is 10.0 Å². The van der Waals surface area contributed by atoms with E-state index in [1.54, 1.807) is 6.07 Å². The molecule has 8 heteroatoms. The van der Waals surface area contributed by atoms with Crippen molar-refractivity contribution in [2.75, 3.05) is 11.8 Å². The lowest BCUT2D eigenvalue weighted by molar-refractivity contribution is 0.0601. The third-order valence-electron chi connectivity index (χ3n) is 2.78. The van der Waals surface area contributed by atoms with Gasteiger partial charge >= 0.3 is 5.97 Å². The zero-order valence-electron chi connectivity index (χ0n) is 11.4. The molecule has 0 aliphatic carbocycles. The molecule has 0 spiro atoms. The fraction of sp³-hybridized carbons (Fsp3) is 0.0714. The summed E-state index contributed by atoms with van der Waals surface area (Å²) in [4.78, 5) is 11.6. The number of ether oxygens (including phenoxy) is 1. The van der Waals surface area contributed by atoms with Crippen molar-refractivity contribution in [2.24, 2.45) is 0 Å². The number of benzene rings is 2. The first kappa shape index (κ1) is 16.1. The van der Waals surface area contributed by atoms with Crippen LogP contribution in [0.3, 0.4) is 0 Å². The molecule has 0 bridgehead atoms. The van der Waals surface area contributed by atoms with E-state index in [0.29, 0.717) is 0 Å². The number of aromatic hydroxyl groups is 1. The van der Waals surface area contributed by atoms with Crippen molar-refractivity contribution in [3.8, 4) is 5.75 Å². The number of anilines is 1. The molecule has 2 N–H and O–H groups in total. The van der Waals surface area contributed by atoms with Crippen LogP contribution in [0.25, 0.3) is 0 Å². The summed E-state index contributed by atoms with van der Waals surface area (Å²) < 4.78 is 31.5. The number of hydrogen-bond acceptors (Lipinski definition) is 5. The minimum absolute atomic E-state index is 0.0235. The van der Waals surface area contributed by atoms with Crippen molar-refractivity contribution < 1.29 is 23.1 Å². The van der Waals surface area contributed by atoms with Crippen LogP contribution in [0.15, 0.2) is 47.4 Å². The molecule has 0 heterocycles. The second kappa shape index (κ2) is 6.25. The number of sulfonamides is 1. The van der Waals surface area contributed by atoms with Gasteiger partial charge in [-0.05, 0) is 30.3 Å². The van der Waals surface area contributed by atoms with Gasteiger partial charge < -0.3 is 9.84 Å². The van der Waals surface area contributed by atoms with Gasteiger partial charge in [-0.2, -0.15) is 0 Å². The van der Waals surface area contributed by atoms with Gasteiger partial charge in [-0.3, -0.25) is 4.72 Å². The molecular weight excluding hydrogens is 330 g/mol. The largest absolute Gasteiger partial charge is 0.508 e. The summed E-state index contributed by atoms with van der Waals surface area (Å²) >= 11 is 5.88. The van der Waals surface area contributed by atoms with E-state index in [-0.39, 0.29) is 26.9 Å². The molecule has 0 saturated heterocycles. The van der Waals surface area contributed by atoms with Crippen LogP contribution in [0.2, 0.25) is 5.02 Å². The Labute approximate surface area is 132 Å². The van der Waals surface area contributed by atoms with Crippen LogP contribution in [0.5, 0.6) is 5.75 Å². The second-order valence-electron chi connectivity index (χ2n) is 4.26. The smallest absolute Gasteiger partial charge is 0.340 e. The number of phenolic OH excluding ortho intramolecular Hbond substituents is 1. The Bertz CT molecular complexity index is 820. The number of methoxy groups -OCH3 is 1. The number of phenols is 1. The van der Waals surface area contributed by atoms with Gasteiger partial charge in [0, 0.05) is 0 Å². The van der Waals surface area contributed by atoms with Crippen LogP contribution in [-0.2, 0) is 14.8 Å². The topological polar surface area (TPSA) is 92.7 Å². The normalized spacial score (nSPS) is 11.0. The maximum atomic E-state index is 12.4. The molecule has 22 heavy (non-hydrogen) atoms. The molecule has 0 radical (unpaired) electrons. The van der Waals surface area contributed by atoms with E-state index < -0.39 is 16.0 Å². The van der Waals surface area contributed by atoms with Crippen molar-refractivity contribution in [2.45, 2.75) is 4.90 Å². The van der Waals surface area contributed by atoms with Gasteiger partial charge in [0.2, 0.25) is 0 Å². The van der Waals surface area contributed by atoms with E-state index >= 15 is 0 Å². The molecule has 6 nitrogen and oxygen atoms in total. The minimum Gasteiger partial charge on any atom is -0.508 e. The Hall–Kier alpha value is -2.25. The highest BCUT2D eigenvalue weighted by molar-refractivity contribution is 7.92. The first-order valence-electron chi connectivity index (χ1n) is 6.04. The van der Waals surface area contributed by atoms with E-state index in [1.807, 2.05) is 0 Å². The molecule has 0 aliphatic heterocycles. The highest BCUT2D eigenvalue weighted by Gasteiger charge is 2.21. The molecular formula is C14H12ClNO5S. The second-order valence-corrected chi connectivity index (χ2v) is 6.32.